The zero-order chi connectivity index (χ0) is 25.6. The minimum Gasteiger partial charge on any atom is -0.350 e. The monoisotopic (exact) mass is 483 g/mol. The molecule has 0 radical (unpaired) electrons. The highest BCUT2D eigenvalue weighted by Crippen LogP contribution is 2.38. The third-order valence-electron chi connectivity index (χ3n) is 6.14. The molecular formula is C27H32F3N5. The molecule has 0 fully saturated rings. The molecule has 5 nitrogen and oxygen atoms in total. The lowest BCUT2D eigenvalue weighted by Gasteiger charge is -2.32. The number of pyridine rings is 1. The Balaban J connectivity index is 1.71. The van der Waals surface area contributed by atoms with Crippen molar-refractivity contribution in [1.82, 2.24) is 15.0 Å². The van der Waals surface area contributed by atoms with Crippen molar-refractivity contribution in [2.75, 3.05) is 16.8 Å². The van der Waals surface area contributed by atoms with Crippen molar-refractivity contribution in [3.05, 3.63) is 70.8 Å². The number of anilines is 3. The topological polar surface area (TPSA) is 53.9 Å². The fourth-order valence-corrected chi connectivity index (χ4v) is 4.11. The molecule has 0 saturated heterocycles. The van der Waals surface area contributed by atoms with E-state index in [0.717, 1.165) is 23.0 Å². The van der Waals surface area contributed by atoms with Crippen LogP contribution in [0.15, 0.2) is 42.6 Å². The Hall–Kier alpha value is -3.16. The zero-order valence-electron chi connectivity index (χ0n) is 21.1. The van der Waals surface area contributed by atoms with E-state index in [9.17, 15) is 13.2 Å². The number of aromatic nitrogens is 3. The SMILES string of the molecule is CC(C)(C)c1ccc(Nc2nc(C(C)(C)C)nc3c2CCN(c2ncccc2C(F)(F)F)C3)cc1. The van der Waals surface area contributed by atoms with Crippen molar-refractivity contribution in [1.29, 1.82) is 0 Å². The summed E-state index contributed by atoms with van der Waals surface area (Å²) >= 11 is 0. The van der Waals surface area contributed by atoms with Crippen LogP contribution in [-0.2, 0) is 30.0 Å². The molecule has 1 aliphatic rings. The maximum Gasteiger partial charge on any atom is 0.419 e. The smallest absolute Gasteiger partial charge is 0.350 e. The van der Waals surface area contributed by atoms with Gasteiger partial charge in [-0.15, -0.1) is 0 Å². The quantitative estimate of drug-likeness (QED) is 0.444. The summed E-state index contributed by atoms with van der Waals surface area (Å²) in [5.41, 5.74) is 2.79. The van der Waals surface area contributed by atoms with Crippen molar-refractivity contribution >= 4 is 17.3 Å². The van der Waals surface area contributed by atoms with Crippen LogP contribution in [0.5, 0.6) is 0 Å². The molecule has 1 aliphatic heterocycles. The Morgan fingerprint density at radius 3 is 2.17 bits per heavy atom. The summed E-state index contributed by atoms with van der Waals surface area (Å²) in [7, 11) is 0. The summed E-state index contributed by atoms with van der Waals surface area (Å²) in [6.45, 7) is 13.2. The molecule has 4 rings (SSSR count). The highest BCUT2D eigenvalue weighted by atomic mass is 19.4. The number of hydrogen-bond acceptors (Lipinski definition) is 5. The summed E-state index contributed by atoms with van der Waals surface area (Å²) in [6.07, 6.45) is -2.57. The van der Waals surface area contributed by atoms with Crippen molar-refractivity contribution in [2.45, 2.75) is 71.5 Å². The number of fused-ring (bicyclic) bond motifs is 1. The number of benzene rings is 1. The molecule has 2 aromatic heterocycles. The molecule has 8 heteroatoms. The molecule has 1 N–H and O–H groups in total. The molecule has 35 heavy (non-hydrogen) atoms. The van der Waals surface area contributed by atoms with Crippen LogP contribution in [0.1, 0.15) is 69.8 Å². The predicted octanol–water partition coefficient (Wildman–Crippen LogP) is 6.79. The Morgan fingerprint density at radius 2 is 1.57 bits per heavy atom. The Bertz CT molecular complexity index is 1210. The van der Waals surface area contributed by atoms with Crippen LogP contribution in [0.25, 0.3) is 0 Å². The normalized spacial score (nSPS) is 14.6. The van der Waals surface area contributed by atoms with Gasteiger partial charge >= 0.3 is 6.18 Å². The van der Waals surface area contributed by atoms with Gasteiger partial charge in [-0.3, -0.25) is 0 Å². The Morgan fingerprint density at radius 1 is 0.886 bits per heavy atom. The average Bonchev–Trinajstić information content (AvgIpc) is 2.77. The molecule has 0 amide bonds. The number of nitrogens with one attached hydrogen (secondary N) is 1. The van der Waals surface area contributed by atoms with Crippen molar-refractivity contribution in [2.24, 2.45) is 0 Å². The molecule has 1 aromatic carbocycles. The molecule has 0 spiro atoms. The summed E-state index contributed by atoms with van der Waals surface area (Å²) in [5, 5.41) is 3.45. The van der Waals surface area contributed by atoms with Gasteiger partial charge in [0.15, 0.2) is 0 Å². The van der Waals surface area contributed by atoms with E-state index in [1.807, 2.05) is 32.9 Å². The predicted molar refractivity (Wildman–Crippen MR) is 133 cm³/mol. The minimum absolute atomic E-state index is 0.0518. The van der Waals surface area contributed by atoms with E-state index in [1.165, 1.54) is 17.8 Å². The van der Waals surface area contributed by atoms with E-state index in [2.05, 4.69) is 43.2 Å². The van der Waals surface area contributed by atoms with Crippen LogP contribution >= 0.6 is 0 Å². The summed E-state index contributed by atoms with van der Waals surface area (Å²) in [6, 6.07) is 10.7. The highest BCUT2D eigenvalue weighted by Gasteiger charge is 2.37. The van der Waals surface area contributed by atoms with E-state index in [1.54, 1.807) is 4.90 Å². The number of nitrogens with zero attached hydrogens (tertiary/aromatic N) is 4. The third kappa shape index (κ3) is 5.41. The van der Waals surface area contributed by atoms with Gasteiger partial charge in [0.25, 0.3) is 0 Å². The van der Waals surface area contributed by atoms with Crippen LogP contribution < -0.4 is 10.2 Å². The van der Waals surface area contributed by atoms with E-state index < -0.39 is 11.7 Å². The standard InChI is InChI=1S/C27H32F3N5/c1-25(2,3)17-9-11-18(12-10-17)32-22-19-13-15-35(16-21(19)33-24(34-22)26(4,5)6)23-20(27(28,29)30)8-7-14-31-23/h7-12,14H,13,15-16H2,1-6H3,(H,32,33,34). The average molecular weight is 484 g/mol. The van der Waals surface area contributed by atoms with Crippen LogP contribution in [0, 0.1) is 0 Å². The van der Waals surface area contributed by atoms with Crippen LogP contribution in [0.3, 0.4) is 0 Å². The van der Waals surface area contributed by atoms with Gasteiger partial charge in [0.05, 0.1) is 17.8 Å². The first kappa shape index (κ1) is 24.9. The number of halogens is 3. The zero-order valence-corrected chi connectivity index (χ0v) is 21.1. The Kier molecular flexibility index (Phi) is 6.28. The van der Waals surface area contributed by atoms with Crippen LogP contribution in [0.2, 0.25) is 0 Å². The van der Waals surface area contributed by atoms with Gasteiger partial charge in [-0.05, 0) is 41.7 Å². The molecule has 0 saturated carbocycles. The number of hydrogen-bond donors (Lipinski definition) is 1. The minimum atomic E-state index is -4.47. The van der Waals surface area contributed by atoms with Gasteiger partial charge in [-0.1, -0.05) is 53.7 Å². The highest BCUT2D eigenvalue weighted by molar-refractivity contribution is 5.62. The first-order valence-electron chi connectivity index (χ1n) is 11.8. The van der Waals surface area contributed by atoms with E-state index in [0.29, 0.717) is 24.6 Å². The molecule has 3 heterocycles. The lowest BCUT2D eigenvalue weighted by molar-refractivity contribution is -0.137. The molecule has 186 valence electrons. The first-order valence-corrected chi connectivity index (χ1v) is 11.8. The number of rotatable bonds is 3. The second-order valence-corrected chi connectivity index (χ2v) is 11.1. The lowest BCUT2D eigenvalue weighted by Crippen LogP contribution is -2.35. The first-order chi connectivity index (χ1) is 16.2. The van der Waals surface area contributed by atoms with Crippen molar-refractivity contribution in [3.63, 3.8) is 0 Å². The van der Waals surface area contributed by atoms with Gasteiger partial charge in [-0.2, -0.15) is 13.2 Å². The second-order valence-electron chi connectivity index (χ2n) is 11.1. The van der Waals surface area contributed by atoms with Gasteiger partial charge < -0.3 is 10.2 Å². The Labute approximate surface area is 204 Å². The van der Waals surface area contributed by atoms with Crippen LogP contribution in [-0.4, -0.2) is 21.5 Å². The van der Waals surface area contributed by atoms with E-state index in [-0.39, 0.29) is 23.2 Å². The maximum absolute atomic E-state index is 13.6. The second kappa shape index (κ2) is 8.81. The molecule has 0 bridgehead atoms. The fraction of sp³-hybridized carbons (Fsp3) is 0.444. The third-order valence-corrected chi connectivity index (χ3v) is 6.14. The lowest BCUT2D eigenvalue weighted by atomic mass is 9.87. The molecule has 3 aromatic rings. The molecule has 0 atom stereocenters. The van der Waals surface area contributed by atoms with Crippen LogP contribution in [0.4, 0.5) is 30.5 Å². The van der Waals surface area contributed by atoms with Gasteiger partial charge in [0, 0.05) is 29.4 Å². The van der Waals surface area contributed by atoms with E-state index in [4.69, 9.17) is 9.97 Å². The van der Waals surface area contributed by atoms with Crippen molar-refractivity contribution in [3.8, 4) is 0 Å². The van der Waals surface area contributed by atoms with E-state index >= 15 is 0 Å². The largest absolute Gasteiger partial charge is 0.419 e. The fourth-order valence-electron chi connectivity index (χ4n) is 4.11. The number of alkyl halides is 3. The summed E-state index contributed by atoms with van der Waals surface area (Å²) in [4.78, 5) is 15.4. The maximum atomic E-state index is 13.6. The summed E-state index contributed by atoms with van der Waals surface area (Å²) < 4.78 is 40.9. The van der Waals surface area contributed by atoms with Gasteiger partial charge in [-0.25, -0.2) is 15.0 Å². The molecule has 0 unspecified atom stereocenters. The van der Waals surface area contributed by atoms with Gasteiger partial charge in [0.1, 0.15) is 17.5 Å². The molecular weight excluding hydrogens is 451 g/mol. The summed E-state index contributed by atoms with van der Waals surface area (Å²) in [5.74, 6) is 1.29. The molecule has 0 aliphatic carbocycles. The van der Waals surface area contributed by atoms with Gasteiger partial charge in [0.2, 0.25) is 0 Å². The van der Waals surface area contributed by atoms with Crippen molar-refractivity contribution < 1.29 is 13.2 Å².